The number of benzene rings is 1. The molecule has 132 valence electrons. The van der Waals surface area contributed by atoms with Crippen LogP contribution in [0.1, 0.15) is 35.5 Å². The SMILES string of the molecule is COc1ccc(C(C)(C)NC(=O)c2cc([N+](=O)[O-])cnc2C)c(O)c1. The summed E-state index contributed by atoms with van der Waals surface area (Å²) in [7, 11) is 1.49. The van der Waals surface area contributed by atoms with Crippen molar-refractivity contribution in [3.63, 3.8) is 0 Å². The van der Waals surface area contributed by atoms with Gasteiger partial charge in [-0.15, -0.1) is 0 Å². The molecule has 2 aromatic rings. The molecule has 0 spiro atoms. The molecule has 0 unspecified atom stereocenters. The zero-order valence-corrected chi connectivity index (χ0v) is 14.4. The van der Waals surface area contributed by atoms with Gasteiger partial charge in [0.2, 0.25) is 0 Å². The van der Waals surface area contributed by atoms with E-state index in [-0.39, 0.29) is 17.0 Å². The summed E-state index contributed by atoms with van der Waals surface area (Å²) >= 11 is 0. The first-order valence-corrected chi connectivity index (χ1v) is 7.46. The van der Waals surface area contributed by atoms with Crippen LogP contribution in [0.5, 0.6) is 11.5 Å². The average Bonchev–Trinajstić information content (AvgIpc) is 2.53. The van der Waals surface area contributed by atoms with Gasteiger partial charge in [0.25, 0.3) is 11.6 Å². The molecule has 0 fully saturated rings. The van der Waals surface area contributed by atoms with Gasteiger partial charge in [-0.1, -0.05) is 0 Å². The van der Waals surface area contributed by atoms with Crippen molar-refractivity contribution in [3.8, 4) is 11.5 Å². The van der Waals surface area contributed by atoms with E-state index >= 15 is 0 Å². The number of phenolic OH excluding ortho intramolecular Hbond substituents is 1. The fourth-order valence-electron chi connectivity index (χ4n) is 2.44. The molecule has 0 aliphatic rings. The molecule has 25 heavy (non-hydrogen) atoms. The van der Waals surface area contributed by atoms with Crippen LogP contribution >= 0.6 is 0 Å². The van der Waals surface area contributed by atoms with Crippen molar-refractivity contribution >= 4 is 11.6 Å². The third-order valence-corrected chi connectivity index (χ3v) is 3.83. The van der Waals surface area contributed by atoms with Crippen LogP contribution in [-0.4, -0.2) is 28.0 Å². The number of aromatic nitrogens is 1. The van der Waals surface area contributed by atoms with E-state index in [4.69, 9.17) is 4.74 Å². The first-order chi connectivity index (χ1) is 11.7. The van der Waals surface area contributed by atoms with Gasteiger partial charge in [-0.2, -0.15) is 0 Å². The molecule has 0 aliphatic heterocycles. The van der Waals surface area contributed by atoms with Crippen molar-refractivity contribution in [2.75, 3.05) is 7.11 Å². The van der Waals surface area contributed by atoms with Crippen LogP contribution in [0.2, 0.25) is 0 Å². The molecular weight excluding hydrogens is 326 g/mol. The second kappa shape index (κ2) is 6.76. The van der Waals surface area contributed by atoms with Gasteiger partial charge in [0.1, 0.15) is 17.7 Å². The summed E-state index contributed by atoms with van der Waals surface area (Å²) in [6.07, 6.45) is 1.10. The Hall–Kier alpha value is -3.16. The van der Waals surface area contributed by atoms with E-state index in [9.17, 15) is 20.0 Å². The Labute approximate surface area is 144 Å². The molecule has 8 nitrogen and oxygen atoms in total. The molecule has 0 atom stereocenters. The number of methoxy groups -OCH3 is 1. The quantitative estimate of drug-likeness (QED) is 0.636. The van der Waals surface area contributed by atoms with Crippen molar-refractivity contribution in [1.82, 2.24) is 10.3 Å². The molecule has 2 rings (SSSR count). The normalized spacial score (nSPS) is 11.0. The van der Waals surface area contributed by atoms with E-state index in [0.717, 1.165) is 6.20 Å². The number of nitrogens with one attached hydrogen (secondary N) is 1. The van der Waals surface area contributed by atoms with E-state index < -0.39 is 16.4 Å². The van der Waals surface area contributed by atoms with Crippen LogP contribution < -0.4 is 10.1 Å². The topological polar surface area (TPSA) is 115 Å². The minimum atomic E-state index is -0.926. The maximum atomic E-state index is 12.6. The lowest BCUT2D eigenvalue weighted by Crippen LogP contribution is -2.41. The minimum absolute atomic E-state index is 0.0291. The van der Waals surface area contributed by atoms with Gasteiger partial charge in [-0.05, 0) is 32.9 Å². The number of carbonyl (C=O) groups is 1. The summed E-state index contributed by atoms with van der Waals surface area (Å²) < 4.78 is 5.04. The number of hydrogen-bond acceptors (Lipinski definition) is 6. The highest BCUT2D eigenvalue weighted by Gasteiger charge is 2.28. The van der Waals surface area contributed by atoms with Gasteiger partial charge < -0.3 is 15.2 Å². The number of carbonyl (C=O) groups excluding carboxylic acids is 1. The van der Waals surface area contributed by atoms with Crippen LogP contribution in [0, 0.1) is 17.0 Å². The predicted molar refractivity (Wildman–Crippen MR) is 90.8 cm³/mol. The number of phenols is 1. The number of pyridine rings is 1. The Bertz CT molecular complexity index is 833. The molecule has 1 heterocycles. The first-order valence-electron chi connectivity index (χ1n) is 7.46. The Morgan fingerprint density at radius 2 is 2.04 bits per heavy atom. The lowest BCUT2D eigenvalue weighted by molar-refractivity contribution is -0.385. The number of amides is 1. The summed E-state index contributed by atoms with van der Waals surface area (Å²) in [6, 6.07) is 5.95. The molecule has 0 radical (unpaired) electrons. The van der Waals surface area contributed by atoms with Crippen LogP contribution in [0.15, 0.2) is 30.5 Å². The minimum Gasteiger partial charge on any atom is -0.507 e. The molecule has 0 bridgehead atoms. The van der Waals surface area contributed by atoms with E-state index in [1.165, 1.54) is 19.2 Å². The molecule has 0 aliphatic carbocycles. The molecule has 2 N–H and O–H groups in total. The maximum Gasteiger partial charge on any atom is 0.288 e. The highest BCUT2D eigenvalue weighted by molar-refractivity contribution is 5.96. The maximum absolute atomic E-state index is 12.6. The third kappa shape index (κ3) is 3.85. The van der Waals surface area contributed by atoms with Crippen molar-refractivity contribution in [2.24, 2.45) is 0 Å². The van der Waals surface area contributed by atoms with E-state index in [0.29, 0.717) is 17.0 Å². The second-order valence-electron chi connectivity index (χ2n) is 6.05. The number of nitrogens with zero attached hydrogens (tertiary/aromatic N) is 2. The summed E-state index contributed by atoms with van der Waals surface area (Å²) in [6.45, 7) is 5.02. The van der Waals surface area contributed by atoms with Gasteiger partial charge in [-0.3, -0.25) is 19.9 Å². The zero-order chi connectivity index (χ0) is 18.8. The number of ether oxygens (including phenoxy) is 1. The summed E-state index contributed by atoms with van der Waals surface area (Å²) in [5.74, 6) is -0.0606. The van der Waals surface area contributed by atoms with Gasteiger partial charge in [-0.25, -0.2) is 0 Å². The van der Waals surface area contributed by atoms with Gasteiger partial charge in [0.15, 0.2) is 0 Å². The Morgan fingerprint density at radius 1 is 1.36 bits per heavy atom. The third-order valence-electron chi connectivity index (χ3n) is 3.83. The molecule has 0 saturated heterocycles. The predicted octanol–water partition coefficient (Wildman–Crippen LogP) is 2.68. The van der Waals surface area contributed by atoms with Crippen molar-refractivity contribution in [2.45, 2.75) is 26.3 Å². The molecular formula is C17H19N3O5. The van der Waals surface area contributed by atoms with Crippen LogP contribution in [0.25, 0.3) is 0 Å². The molecule has 1 amide bonds. The number of aryl methyl sites for hydroxylation is 1. The Kier molecular flexibility index (Phi) is 4.92. The van der Waals surface area contributed by atoms with E-state index in [1.54, 1.807) is 32.9 Å². The number of hydrogen-bond donors (Lipinski definition) is 2. The molecule has 0 saturated carbocycles. The second-order valence-corrected chi connectivity index (χ2v) is 6.05. The number of nitro groups is 1. The molecule has 1 aromatic heterocycles. The lowest BCUT2D eigenvalue weighted by Gasteiger charge is -2.28. The Balaban J connectivity index is 2.33. The number of aromatic hydroxyl groups is 1. The highest BCUT2D eigenvalue weighted by Crippen LogP contribution is 2.32. The lowest BCUT2D eigenvalue weighted by atomic mass is 9.92. The van der Waals surface area contributed by atoms with Crippen molar-refractivity contribution < 1.29 is 19.6 Å². The van der Waals surface area contributed by atoms with Crippen molar-refractivity contribution in [3.05, 3.63) is 57.4 Å². The first kappa shape index (κ1) is 18.2. The summed E-state index contributed by atoms with van der Waals surface area (Å²) in [5.41, 5.74) is -0.225. The monoisotopic (exact) mass is 345 g/mol. The average molecular weight is 345 g/mol. The van der Waals surface area contributed by atoms with E-state index in [1.807, 2.05) is 0 Å². The summed E-state index contributed by atoms with van der Waals surface area (Å²) in [5, 5.41) is 23.8. The highest BCUT2D eigenvalue weighted by atomic mass is 16.6. The van der Waals surface area contributed by atoms with E-state index in [2.05, 4.69) is 10.3 Å². The standard InChI is InChI=1S/C17H19N3O5/c1-10-13(7-11(9-18-10)20(23)24)16(22)19-17(2,3)14-6-5-12(25-4)8-15(14)21/h5-9,21H,1-4H3,(H,19,22). The number of rotatable bonds is 5. The van der Waals surface area contributed by atoms with Gasteiger partial charge >= 0.3 is 0 Å². The summed E-state index contributed by atoms with van der Waals surface area (Å²) in [4.78, 5) is 26.8. The Morgan fingerprint density at radius 3 is 2.60 bits per heavy atom. The van der Waals surface area contributed by atoms with Crippen LogP contribution in [0.4, 0.5) is 5.69 Å². The van der Waals surface area contributed by atoms with Crippen LogP contribution in [0.3, 0.4) is 0 Å². The van der Waals surface area contributed by atoms with Gasteiger partial charge in [0, 0.05) is 17.7 Å². The van der Waals surface area contributed by atoms with Crippen molar-refractivity contribution in [1.29, 1.82) is 0 Å². The largest absolute Gasteiger partial charge is 0.507 e. The molecule has 8 heteroatoms. The van der Waals surface area contributed by atoms with Gasteiger partial charge in [0.05, 0.1) is 28.8 Å². The fraction of sp³-hybridized carbons (Fsp3) is 0.294. The zero-order valence-electron chi connectivity index (χ0n) is 14.4. The molecule has 1 aromatic carbocycles. The smallest absolute Gasteiger partial charge is 0.288 e. The van der Waals surface area contributed by atoms with Crippen LogP contribution in [-0.2, 0) is 5.54 Å². The fourth-order valence-corrected chi connectivity index (χ4v) is 2.44.